The van der Waals surface area contributed by atoms with Crippen molar-refractivity contribution in [1.29, 1.82) is 0 Å². The highest BCUT2D eigenvalue weighted by Crippen LogP contribution is 2.08. The lowest BCUT2D eigenvalue weighted by Gasteiger charge is -1.96. The van der Waals surface area contributed by atoms with Crippen molar-refractivity contribution in [2.24, 2.45) is 0 Å². The number of hydrogen-bond acceptors (Lipinski definition) is 3. The Balaban J connectivity index is 2.14. The van der Waals surface area contributed by atoms with E-state index < -0.39 is 5.97 Å². The zero-order valence-corrected chi connectivity index (χ0v) is 8.07. The summed E-state index contributed by atoms with van der Waals surface area (Å²) in [6.07, 6.45) is 3.06. The third-order valence-electron chi connectivity index (χ3n) is 1.80. The Morgan fingerprint density at radius 1 is 1.64 bits per heavy atom. The van der Waals surface area contributed by atoms with Crippen LogP contribution < -0.4 is 0 Å². The Morgan fingerprint density at radius 3 is 3.07 bits per heavy atom. The summed E-state index contributed by atoms with van der Waals surface area (Å²) < 4.78 is 1.76. The molecular formula is C9H8N2O2S. The third-order valence-corrected chi connectivity index (χ3v) is 2.53. The molecule has 0 aliphatic rings. The Kier molecular flexibility index (Phi) is 2.32. The van der Waals surface area contributed by atoms with E-state index in [0.29, 0.717) is 6.54 Å². The van der Waals surface area contributed by atoms with Gasteiger partial charge >= 0.3 is 5.97 Å². The van der Waals surface area contributed by atoms with Crippen molar-refractivity contribution in [2.75, 3.05) is 0 Å². The molecule has 0 saturated heterocycles. The van der Waals surface area contributed by atoms with E-state index >= 15 is 0 Å². The number of carboxylic acids is 1. The van der Waals surface area contributed by atoms with Gasteiger partial charge in [-0.2, -0.15) is 11.3 Å². The van der Waals surface area contributed by atoms with E-state index in [1.807, 2.05) is 16.8 Å². The van der Waals surface area contributed by atoms with Gasteiger partial charge in [0.25, 0.3) is 0 Å². The van der Waals surface area contributed by atoms with E-state index in [0.717, 1.165) is 5.56 Å². The molecule has 14 heavy (non-hydrogen) atoms. The fraction of sp³-hybridized carbons (Fsp3) is 0.111. The molecule has 1 N–H and O–H groups in total. The van der Waals surface area contributed by atoms with Crippen LogP contribution in [0.25, 0.3) is 0 Å². The average Bonchev–Trinajstić information content (AvgIpc) is 2.75. The Morgan fingerprint density at radius 2 is 2.50 bits per heavy atom. The SMILES string of the molecule is O=C(O)c1cn(Cc2ccsc2)cn1. The van der Waals surface area contributed by atoms with Gasteiger partial charge in [-0.3, -0.25) is 0 Å². The summed E-state index contributed by atoms with van der Waals surface area (Å²) in [5, 5.41) is 12.7. The molecule has 2 rings (SSSR count). The van der Waals surface area contributed by atoms with Crippen molar-refractivity contribution in [1.82, 2.24) is 9.55 Å². The summed E-state index contributed by atoms with van der Waals surface area (Å²) >= 11 is 1.62. The summed E-state index contributed by atoms with van der Waals surface area (Å²) in [4.78, 5) is 14.3. The molecule has 2 aromatic rings. The first kappa shape index (κ1) is 8.96. The van der Waals surface area contributed by atoms with Crippen LogP contribution in [0.5, 0.6) is 0 Å². The smallest absolute Gasteiger partial charge is 0.356 e. The van der Waals surface area contributed by atoms with Crippen molar-refractivity contribution in [2.45, 2.75) is 6.54 Å². The number of nitrogens with zero attached hydrogens (tertiary/aromatic N) is 2. The van der Waals surface area contributed by atoms with Crippen LogP contribution >= 0.6 is 11.3 Å². The molecule has 0 unspecified atom stereocenters. The topological polar surface area (TPSA) is 55.1 Å². The fourth-order valence-electron chi connectivity index (χ4n) is 1.15. The summed E-state index contributed by atoms with van der Waals surface area (Å²) in [6.45, 7) is 0.670. The molecule has 0 fully saturated rings. The predicted molar refractivity (Wildman–Crippen MR) is 52.6 cm³/mol. The second-order valence-corrected chi connectivity index (χ2v) is 3.65. The first-order chi connectivity index (χ1) is 6.75. The summed E-state index contributed by atoms with van der Waals surface area (Å²) in [5.74, 6) is -0.992. The molecule has 0 radical (unpaired) electrons. The highest BCUT2D eigenvalue weighted by atomic mass is 32.1. The van der Waals surface area contributed by atoms with Crippen LogP contribution in [0.1, 0.15) is 16.1 Å². The van der Waals surface area contributed by atoms with E-state index in [4.69, 9.17) is 5.11 Å². The van der Waals surface area contributed by atoms with Crippen LogP contribution in [0.15, 0.2) is 29.4 Å². The molecule has 0 amide bonds. The van der Waals surface area contributed by atoms with Gasteiger partial charge in [0.05, 0.1) is 6.33 Å². The summed E-state index contributed by atoms with van der Waals surface area (Å²) in [6, 6.07) is 2.01. The van der Waals surface area contributed by atoms with Gasteiger partial charge in [0.15, 0.2) is 5.69 Å². The van der Waals surface area contributed by atoms with Crippen LogP contribution in [0.4, 0.5) is 0 Å². The van der Waals surface area contributed by atoms with E-state index in [-0.39, 0.29) is 5.69 Å². The van der Waals surface area contributed by atoms with Gasteiger partial charge in [-0.25, -0.2) is 9.78 Å². The van der Waals surface area contributed by atoms with Crippen LogP contribution in [0.2, 0.25) is 0 Å². The Labute approximate surface area is 84.5 Å². The molecule has 0 aromatic carbocycles. The molecular weight excluding hydrogens is 200 g/mol. The second-order valence-electron chi connectivity index (χ2n) is 2.87. The highest BCUT2D eigenvalue weighted by molar-refractivity contribution is 7.07. The summed E-state index contributed by atoms with van der Waals surface area (Å²) in [5.41, 5.74) is 1.24. The number of thiophene rings is 1. The van der Waals surface area contributed by atoms with Crippen molar-refractivity contribution >= 4 is 17.3 Å². The van der Waals surface area contributed by atoms with Crippen LogP contribution in [-0.4, -0.2) is 20.6 Å². The van der Waals surface area contributed by atoms with Gasteiger partial charge in [0.1, 0.15) is 0 Å². The number of carbonyl (C=O) groups is 1. The largest absolute Gasteiger partial charge is 0.476 e. The van der Waals surface area contributed by atoms with Crippen LogP contribution in [0, 0.1) is 0 Å². The minimum absolute atomic E-state index is 0.0835. The van der Waals surface area contributed by atoms with E-state index in [1.165, 1.54) is 12.5 Å². The molecule has 0 atom stereocenters. The monoisotopic (exact) mass is 208 g/mol. The first-order valence-electron chi connectivity index (χ1n) is 4.02. The van der Waals surface area contributed by atoms with Gasteiger partial charge in [0, 0.05) is 12.7 Å². The zero-order chi connectivity index (χ0) is 9.97. The van der Waals surface area contributed by atoms with Crippen molar-refractivity contribution in [3.63, 3.8) is 0 Å². The van der Waals surface area contributed by atoms with Crippen LogP contribution in [0.3, 0.4) is 0 Å². The molecule has 5 heteroatoms. The molecule has 0 bridgehead atoms. The lowest BCUT2D eigenvalue weighted by molar-refractivity contribution is 0.0691. The zero-order valence-electron chi connectivity index (χ0n) is 7.25. The average molecular weight is 208 g/mol. The number of carboxylic acid groups (broad SMARTS) is 1. The van der Waals surface area contributed by atoms with Gasteiger partial charge in [-0.05, 0) is 22.4 Å². The quantitative estimate of drug-likeness (QED) is 0.835. The molecule has 2 aromatic heterocycles. The molecule has 0 aliphatic heterocycles. The molecule has 0 spiro atoms. The second kappa shape index (κ2) is 3.63. The van der Waals surface area contributed by atoms with Crippen molar-refractivity contribution < 1.29 is 9.90 Å². The van der Waals surface area contributed by atoms with E-state index in [9.17, 15) is 4.79 Å². The predicted octanol–water partition coefficient (Wildman–Crippen LogP) is 1.69. The normalized spacial score (nSPS) is 10.3. The maximum atomic E-state index is 10.5. The minimum Gasteiger partial charge on any atom is -0.476 e. The van der Waals surface area contributed by atoms with Gasteiger partial charge < -0.3 is 9.67 Å². The minimum atomic E-state index is -0.992. The molecule has 0 saturated carbocycles. The standard InChI is InChI=1S/C9H8N2O2S/c12-9(13)8-4-11(6-10-8)3-7-1-2-14-5-7/h1-2,4-6H,3H2,(H,12,13). The van der Waals surface area contributed by atoms with Crippen molar-refractivity contribution in [3.8, 4) is 0 Å². The molecule has 4 nitrogen and oxygen atoms in total. The summed E-state index contributed by atoms with van der Waals surface area (Å²) in [7, 11) is 0. The number of hydrogen-bond donors (Lipinski definition) is 1. The number of rotatable bonds is 3. The number of aromatic nitrogens is 2. The third kappa shape index (κ3) is 1.82. The highest BCUT2D eigenvalue weighted by Gasteiger charge is 2.06. The van der Waals surface area contributed by atoms with Gasteiger partial charge in [-0.1, -0.05) is 0 Å². The first-order valence-corrected chi connectivity index (χ1v) is 4.96. The Bertz CT molecular complexity index is 433. The van der Waals surface area contributed by atoms with Crippen molar-refractivity contribution in [3.05, 3.63) is 40.6 Å². The molecule has 2 heterocycles. The van der Waals surface area contributed by atoms with E-state index in [2.05, 4.69) is 4.98 Å². The van der Waals surface area contributed by atoms with Crippen LogP contribution in [-0.2, 0) is 6.54 Å². The Hall–Kier alpha value is -1.62. The lowest BCUT2D eigenvalue weighted by atomic mass is 10.3. The maximum Gasteiger partial charge on any atom is 0.356 e. The molecule has 0 aliphatic carbocycles. The van der Waals surface area contributed by atoms with Gasteiger partial charge in [0.2, 0.25) is 0 Å². The van der Waals surface area contributed by atoms with E-state index in [1.54, 1.807) is 15.9 Å². The molecule has 72 valence electrons. The number of imidazole rings is 1. The maximum absolute atomic E-state index is 10.5. The lowest BCUT2D eigenvalue weighted by Crippen LogP contribution is -1.97. The fourth-order valence-corrected chi connectivity index (χ4v) is 1.81. The number of aromatic carboxylic acids is 1. The van der Waals surface area contributed by atoms with Gasteiger partial charge in [-0.15, -0.1) is 0 Å².